The molecule has 1 heterocycles. The van der Waals surface area contributed by atoms with Gasteiger partial charge in [0.2, 0.25) is 0 Å². The van der Waals surface area contributed by atoms with Crippen molar-refractivity contribution in [2.75, 3.05) is 0 Å². The van der Waals surface area contributed by atoms with Crippen molar-refractivity contribution < 1.29 is 4.79 Å². The Labute approximate surface area is 164 Å². The van der Waals surface area contributed by atoms with E-state index in [1.165, 1.54) is 36.0 Å². The third-order valence-corrected chi connectivity index (χ3v) is 5.59. The lowest BCUT2D eigenvalue weighted by molar-refractivity contribution is 0.0940. The van der Waals surface area contributed by atoms with E-state index in [0.29, 0.717) is 10.3 Å². The standard InChI is InChI=1S/C22H23N3OS/c1-15(18-7-6-16-4-2-3-5-19(16)14-18)24-21(26)17-8-10-20(11-9-17)25-13-12-23-22(25)27/h6-15H,2-5H2,1H3,(H,23,27)(H,24,26). The van der Waals surface area contributed by atoms with E-state index in [4.69, 9.17) is 12.2 Å². The second-order valence-corrected chi connectivity index (χ2v) is 7.50. The van der Waals surface area contributed by atoms with Gasteiger partial charge < -0.3 is 10.3 Å². The lowest BCUT2D eigenvalue weighted by atomic mass is 9.89. The maximum Gasteiger partial charge on any atom is 0.251 e. The number of hydrogen-bond acceptors (Lipinski definition) is 2. The van der Waals surface area contributed by atoms with Crippen molar-refractivity contribution in [2.45, 2.75) is 38.6 Å². The number of benzene rings is 2. The summed E-state index contributed by atoms with van der Waals surface area (Å²) in [6.45, 7) is 2.04. The van der Waals surface area contributed by atoms with Crippen LogP contribution in [0.5, 0.6) is 0 Å². The van der Waals surface area contributed by atoms with Crippen molar-refractivity contribution in [3.63, 3.8) is 0 Å². The fourth-order valence-electron chi connectivity index (χ4n) is 3.68. The number of nitrogens with one attached hydrogen (secondary N) is 2. The van der Waals surface area contributed by atoms with Gasteiger partial charge in [-0.15, -0.1) is 0 Å². The Morgan fingerprint density at radius 3 is 2.56 bits per heavy atom. The fourth-order valence-corrected chi connectivity index (χ4v) is 3.92. The second-order valence-electron chi connectivity index (χ2n) is 7.11. The van der Waals surface area contributed by atoms with Crippen LogP contribution in [0.1, 0.15) is 52.9 Å². The highest BCUT2D eigenvalue weighted by Gasteiger charge is 2.15. The molecule has 2 N–H and O–H groups in total. The van der Waals surface area contributed by atoms with Gasteiger partial charge in [0, 0.05) is 23.6 Å². The van der Waals surface area contributed by atoms with Gasteiger partial charge in [-0.3, -0.25) is 9.36 Å². The molecule has 1 amide bonds. The van der Waals surface area contributed by atoms with Crippen LogP contribution in [-0.4, -0.2) is 15.5 Å². The average Bonchev–Trinajstić information content (AvgIpc) is 3.13. The molecule has 3 aromatic rings. The summed E-state index contributed by atoms with van der Waals surface area (Å²) < 4.78 is 2.50. The Morgan fingerprint density at radius 2 is 1.85 bits per heavy atom. The van der Waals surface area contributed by atoms with Crippen molar-refractivity contribution in [1.29, 1.82) is 0 Å². The van der Waals surface area contributed by atoms with E-state index in [9.17, 15) is 4.79 Å². The first-order valence-corrected chi connectivity index (χ1v) is 9.82. The Bertz CT molecular complexity index is 1020. The zero-order valence-electron chi connectivity index (χ0n) is 15.4. The van der Waals surface area contributed by atoms with Crippen LogP contribution in [-0.2, 0) is 12.8 Å². The molecule has 2 aromatic carbocycles. The fraction of sp³-hybridized carbons (Fsp3) is 0.273. The molecule has 0 saturated heterocycles. The molecule has 0 fully saturated rings. The average molecular weight is 378 g/mol. The van der Waals surface area contributed by atoms with Crippen LogP contribution in [0.25, 0.3) is 5.69 Å². The van der Waals surface area contributed by atoms with Gasteiger partial charge in [-0.1, -0.05) is 18.2 Å². The number of rotatable bonds is 4. The van der Waals surface area contributed by atoms with Gasteiger partial charge in [-0.2, -0.15) is 0 Å². The van der Waals surface area contributed by atoms with Gasteiger partial charge in [-0.05, 0) is 85.8 Å². The van der Waals surface area contributed by atoms with Crippen molar-refractivity contribution in [3.05, 3.63) is 81.9 Å². The number of aromatic nitrogens is 2. The Balaban J connectivity index is 1.47. The predicted molar refractivity (Wildman–Crippen MR) is 110 cm³/mol. The van der Waals surface area contributed by atoms with E-state index in [2.05, 4.69) is 28.5 Å². The molecule has 138 valence electrons. The van der Waals surface area contributed by atoms with Crippen LogP contribution in [0.15, 0.2) is 54.9 Å². The highest BCUT2D eigenvalue weighted by Crippen LogP contribution is 2.25. The SMILES string of the molecule is CC(NC(=O)c1ccc(-n2cc[nH]c2=S)cc1)c1ccc2c(c1)CCCC2. The lowest BCUT2D eigenvalue weighted by Crippen LogP contribution is -2.26. The molecule has 1 aliphatic carbocycles. The summed E-state index contributed by atoms with van der Waals surface area (Å²) in [5.41, 5.74) is 5.64. The van der Waals surface area contributed by atoms with Gasteiger partial charge in [0.1, 0.15) is 0 Å². The van der Waals surface area contributed by atoms with Crippen molar-refractivity contribution >= 4 is 18.1 Å². The van der Waals surface area contributed by atoms with E-state index in [0.717, 1.165) is 12.1 Å². The molecule has 5 heteroatoms. The monoisotopic (exact) mass is 377 g/mol. The van der Waals surface area contributed by atoms with Crippen LogP contribution < -0.4 is 5.32 Å². The van der Waals surface area contributed by atoms with Crippen molar-refractivity contribution in [2.24, 2.45) is 0 Å². The smallest absolute Gasteiger partial charge is 0.251 e. The zero-order chi connectivity index (χ0) is 18.8. The van der Waals surface area contributed by atoms with E-state index < -0.39 is 0 Å². The summed E-state index contributed by atoms with van der Waals surface area (Å²) >= 11 is 5.23. The number of imidazole rings is 1. The first-order valence-electron chi connectivity index (χ1n) is 9.41. The van der Waals surface area contributed by atoms with E-state index in [1.54, 1.807) is 6.20 Å². The Kier molecular flexibility index (Phi) is 4.94. The molecule has 1 aliphatic rings. The molecule has 4 rings (SSSR count). The Hall–Kier alpha value is -2.66. The normalized spacial score (nSPS) is 14.4. The number of amides is 1. The number of carbonyl (C=O) groups excluding carboxylic acids is 1. The minimum absolute atomic E-state index is 0.0253. The number of nitrogens with zero attached hydrogens (tertiary/aromatic N) is 1. The first kappa shape index (κ1) is 17.7. The third-order valence-electron chi connectivity index (χ3n) is 5.28. The molecule has 0 radical (unpaired) electrons. The third kappa shape index (κ3) is 3.74. The number of carbonyl (C=O) groups is 1. The maximum atomic E-state index is 12.6. The number of fused-ring (bicyclic) bond motifs is 1. The quantitative estimate of drug-likeness (QED) is 0.635. The second kappa shape index (κ2) is 7.53. The van der Waals surface area contributed by atoms with E-state index >= 15 is 0 Å². The van der Waals surface area contributed by atoms with Crippen LogP contribution in [0.2, 0.25) is 0 Å². The zero-order valence-corrected chi connectivity index (χ0v) is 16.2. The van der Waals surface area contributed by atoms with Gasteiger partial charge in [0.05, 0.1) is 6.04 Å². The molecular formula is C22H23N3OS. The molecule has 4 nitrogen and oxygen atoms in total. The molecule has 1 unspecified atom stereocenters. The highest BCUT2D eigenvalue weighted by molar-refractivity contribution is 7.71. The summed E-state index contributed by atoms with van der Waals surface area (Å²) in [6.07, 6.45) is 8.52. The van der Waals surface area contributed by atoms with Crippen LogP contribution in [0.3, 0.4) is 0 Å². The molecule has 0 spiro atoms. The Morgan fingerprint density at radius 1 is 1.11 bits per heavy atom. The van der Waals surface area contributed by atoms with Crippen molar-refractivity contribution in [3.8, 4) is 5.69 Å². The minimum Gasteiger partial charge on any atom is -0.346 e. The van der Waals surface area contributed by atoms with Crippen LogP contribution >= 0.6 is 12.2 Å². The van der Waals surface area contributed by atoms with Gasteiger partial charge in [0.15, 0.2) is 4.77 Å². The predicted octanol–water partition coefficient (Wildman–Crippen LogP) is 4.90. The van der Waals surface area contributed by atoms with Gasteiger partial charge in [-0.25, -0.2) is 0 Å². The van der Waals surface area contributed by atoms with Crippen LogP contribution in [0.4, 0.5) is 0 Å². The minimum atomic E-state index is -0.0653. The molecule has 27 heavy (non-hydrogen) atoms. The van der Waals surface area contributed by atoms with Gasteiger partial charge >= 0.3 is 0 Å². The summed E-state index contributed by atoms with van der Waals surface area (Å²) in [6, 6.07) is 14.1. The van der Waals surface area contributed by atoms with Crippen molar-refractivity contribution in [1.82, 2.24) is 14.9 Å². The van der Waals surface area contributed by atoms with E-state index in [1.807, 2.05) is 42.0 Å². The molecule has 1 aromatic heterocycles. The largest absolute Gasteiger partial charge is 0.346 e. The highest BCUT2D eigenvalue weighted by atomic mass is 32.1. The molecular weight excluding hydrogens is 354 g/mol. The summed E-state index contributed by atoms with van der Waals surface area (Å²) in [5, 5.41) is 3.11. The summed E-state index contributed by atoms with van der Waals surface area (Å²) in [5.74, 6) is -0.0653. The first-order chi connectivity index (χ1) is 13.1. The molecule has 0 saturated carbocycles. The molecule has 0 aliphatic heterocycles. The van der Waals surface area contributed by atoms with Crippen LogP contribution in [0, 0.1) is 4.77 Å². The number of aromatic amines is 1. The van der Waals surface area contributed by atoms with E-state index in [-0.39, 0.29) is 11.9 Å². The topological polar surface area (TPSA) is 49.8 Å². The van der Waals surface area contributed by atoms with Gasteiger partial charge in [0.25, 0.3) is 5.91 Å². The number of H-pyrrole nitrogens is 1. The molecule has 1 atom stereocenters. The summed E-state index contributed by atoms with van der Waals surface area (Å²) in [4.78, 5) is 15.6. The summed E-state index contributed by atoms with van der Waals surface area (Å²) in [7, 11) is 0. The molecule has 0 bridgehead atoms. The lowest BCUT2D eigenvalue weighted by Gasteiger charge is -2.20. The number of aryl methyl sites for hydroxylation is 2. The maximum absolute atomic E-state index is 12.6. The number of hydrogen-bond donors (Lipinski definition) is 2.